The number of nitrogens with zero attached hydrogens (tertiary/aromatic N) is 1. The fourth-order valence-electron chi connectivity index (χ4n) is 2.32. The van der Waals surface area contributed by atoms with Gasteiger partial charge >= 0.3 is 0 Å². The summed E-state index contributed by atoms with van der Waals surface area (Å²) in [5.41, 5.74) is 4.28. The Kier molecular flexibility index (Phi) is 4.34. The predicted molar refractivity (Wildman–Crippen MR) is 77.7 cm³/mol. The first kappa shape index (κ1) is 15.9. The van der Waals surface area contributed by atoms with Crippen molar-refractivity contribution in [3.63, 3.8) is 0 Å². The number of benzene rings is 1. The Morgan fingerprint density at radius 3 is 2.67 bits per heavy atom. The Hall–Kier alpha value is -1.47. The molecule has 1 fully saturated rings. The van der Waals surface area contributed by atoms with Gasteiger partial charge in [0.05, 0.1) is 17.6 Å². The quantitative estimate of drug-likeness (QED) is 0.835. The number of aliphatic hydroxyl groups is 1. The zero-order chi connectivity index (χ0) is 15.8. The van der Waals surface area contributed by atoms with E-state index in [0.717, 1.165) is 5.56 Å². The van der Waals surface area contributed by atoms with Crippen molar-refractivity contribution < 1.29 is 19.1 Å². The van der Waals surface area contributed by atoms with Crippen LogP contribution in [0.1, 0.15) is 12.5 Å². The topological polar surface area (TPSA) is 83.6 Å². The van der Waals surface area contributed by atoms with Crippen LogP contribution in [0.5, 0.6) is 0 Å². The molecule has 0 aliphatic carbocycles. The highest BCUT2D eigenvalue weighted by Crippen LogP contribution is 2.24. The van der Waals surface area contributed by atoms with Crippen LogP contribution in [0.3, 0.4) is 0 Å². The summed E-state index contributed by atoms with van der Waals surface area (Å²) in [5, 5.41) is 9.73. The van der Waals surface area contributed by atoms with Crippen molar-refractivity contribution in [2.24, 2.45) is 11.7 Å². The van der Waals surface area contributed by atoms with Gasteiger partial charge in [0.2, 0.25) is 5.91 Å². The van der Waals surface area contributed by atoms with Crippen molar-refractivity contribution in [1.82, 2.24) is 4.90 Å². The smallest absolute Gasteiger partial charge is 0.253 e. The van der Waals surface area contributed by atoms with Gasteiger partial charge in [0.1, 0.15) is 5.82 Å². The van der Waals surface area contributed by atoms with E-state index >= 15 is 0 Å². The average molecular weight is 359 g/mol. The van der Waals surface area contributed by atoms with Crippen LogP contribution in [0.15, 0.2) is 22.7 Å². The highest BCUT2D eigenvalue weighted by molar-refractivity contribution is 9.10. The zero-order valence-electron chi connectivity index (χ0n) is 11.5. The van der Waals surface area contributed by atoms with Gasteiger partial charge in [-0.05, 0) is 40.0 Å². The molecule has 1 aliphatic heterocycles. The van der Waals surface area contributed by atoms with Gasteiger partial charge in [-0.1, -0.05) is 13.0 Å². The Morgan fingerprint density at radius 1 is 1.52 bits per heavy atom. The number of β-amino-alcohol motifs (C(OH)–C–C–N with tert-alkyl or cyclic N) is 1. The molecule has 3 N–H and O–H groups in total. The van der Waals surface area contributed by atoms with Crippen molar-refractivity contribution >= 4 is 27.7 Å². The molecule has 1 aromatic rings. The van der Waals surface area contributed by atoms with Gasteiger partial charge in [0.15, 0.2) is 5.60 Å². The number of hydrogen-bond acceptors (Lipinski definition) is 3. The van der Waals surface area contributed by atoms with Crippen LogP contribution in [0.4, 0.5) is 4.39 Å². The summed E-state index contributed by atoms with van der Waals surface area (Å²) in [6, 6.07) is 4.60. The molecule has 1 saturated heterocycles. The summed E-state index contributed by atoms with van der Waals surface area (Å²) in [6.45, 7) is 1.61. The van der Waals surface area contributed by atoms with Crippen molar-refractivity contribution in [1.29, 1.82) is 0 Å². The van der Waals surface area contributed by atoms with E-state index in [1.54, 1.807) is 19.1 Å². The van der Waals surface area contributed by atoms with Crippen LogP contribution in [0.2, 0.25) is 0 Å². The van der Waals surface area contributed by atoms with Gasteiger partial charge in [-0.25, -0.2) is 4.39 Å². The van der Waals surface area contributed by atoms with E-state index in [-0.39, 0.29) is 30.7 Å². The third-order valence-electron chi connectivity index (χ3n) is 3.62. The first-order valence-corrected chi connectivity index (χ1v) is 7.27. The molecule has 0 radical (unpaired) electrons. The van der Waals surface area contributed by atoms with Crippen LogP contribution in [-0.4, -0.2) is 40.5 Å². The number of amides is 2. The molecule has 7 heteroatoms. The van der Waals surface area contributed by atoms with Gasteiger partial charge in [0, 0.05) is 5.92 Å². The van der Waals surface area contributed by atoms with Crippen LogP contribution >= 0.6 is 15.9 Å². The van der Waals surface area contributed by atoms with Crippen molar-refractivity contribution in [2.45, 2.75) is 18.9 Å². The van der Waals surface area contributed by atoms with E-state index in [1.807, 2.05) is 0 Å². The molecule has 0 saturated carbocycles. The van der Waals surface area contributed by atoms with Gasteiger partial charge < -0.3 is 15.7 Å². The molecule has 0 bridgehead atoms. The third-order valence-corrected chi connectivity index (χ3v) is 4.23. The number of rotatable bonds is 4. The minimum Gasteiger partial charge on any atom is -0.377 e. The normalized spacial score (nSPS) is 18.0. The second kappa shape index (κ2) is 5.73. The predicted octanol–water partition coefficient (Wildman–Crippen LogP) is 0.825. The molecule has 2 amide bonds. The van der Waals surface area contributed by atoms with E-state index in [1.165, 1.54) is 11.0 Å². The minimum absolute atomic E-state index is 0.0708. The van der Waals surface area contributed by atoms with E-state index in [0.29, 0.717) is 10.9 Å². The van der Waals surface area contributed by atoms with Gasteiger partial charge in [-0.15, -0.1) is 0 Å². The summed E-state index contributed by atoms with van der Waals surface area (Å²) >= 11 is 3.10. The highest BCUT2D eigenvalue weighted by atomic mass is 79.9. The molecule has 2 rings (SSSR count). The lowest BCUT2D eigenvalue weighted by Gasteiger charge is -2.45. The van der Waals surface area contributed by atoms with Crippen LogP contribution in [0, 0.1) is 11.7 Å². The van der Waals surface area contributed by atoms with E-state index < -0.39 is 11.5 Å². The molecule has 0 aromatic heterocycles. The molecule has 1 heterocycles. The molecule has 21 heavy (non-hydrogen) atoms. The molecular weight excluding hydrogens is 343 g/mol. The number of nitrogens with two attached hydrogens (primary N) is 1. The van der Waals surface area contributed by atoms with Crippen molar-refractivity contribution in [3.8, 4) is 0 Å². The van der Waals surface area contributed by atoms with Gasteiger partial charge in [-0.2, -0.15) is 0 Å². The number of carbonyl (C=O) groups excluding carboxylic acids is 2. The summed E-state index contributed by atoms with van der Waals surface area (Å²) in [4.78, 5) is 24.6. The Balaban J connectivity index is 1.95. The minimum atomic E-state index is -1.60. The van der Waals surface area contributed by atoms with E-state index in [2.05, 4.69) is 15.9 Å². The standard InChI is InChI=1S/C14H16BrFN2O3/c1-8(4-9-2-3-11(16)10(15)5-9)12(19)18-6-14(21,7-18)13(17)20/h2-3,5,8,21H,4,6-7H2,1H3,(H2,17,20). The fourth-order valence-corrected chi connectivity index (χ4v) is 2.74. The fraction of sp³-hybridized carbons (Fsp3) is 0.429. The second-order valence-electron chi connectivity index (χ2n) is 5.44. The Labute approximate surface area is 130 Å². The molecule has 114 valence electrons. The van der Waals surface area contributed by atoms with Gasteiger partial charge in [0.25, 0.3) is 5.91 Å². The van der Waals surface area contributed by atoms with E-state index in [9.17, 15) is 19.1 Å². The lowest BCUT2D eigenvalue weighted by atomic mass is 9.90. The van der Waals surface area contributed by atoms with Crippen LogP contribution in [0.25, 0.3) is 0 Å². The SMILES string of the molecule is CC(Cc1ccc(F)c(Br)c1)C(=O)N1CC(O)(C(N)=O)C1. The lowest BCUT2D eigenvalue weighted by molar-refractivity contribution is -0.168. The molecule has 5 nitrogen and oxygen atoms in total. The number of likely N-dealkylation sites (tertiary alicyclic amines) is 1. The van der Waals surface area contributed by atoms with Crippen LogP contribution in [-0.2, 0) is 16.0 Å². The van der Waals surface area contributed by atoms with Crippen molar-refractivity contribution in [2.75, 3.05) is 13.1 Å². The zero-order valence-corrected chi connectivity index (χ0v) is 13.1. The first-order chi connectivity index (χ1) is 9.73. The monoisotopic (exact) mass is 358 g/mol. The highest BCUT2D eigenvalue weighted by Gasteiger charge is 2.49. The molecule has 1 unspecified atom stereocenters. The van der Waals surface area contributed by atoms with Gasteiger partial charge in [-0.3, -0.25) is 9.59 Å². The van der Waals surface area contributed by atoms with Crippen LogP contribution < -0.4 is 5.73 Å². The maximum Gasteiger partial charge on any atom is 0.253 e. The first-order valence-electron chi connectivity index (χ1n) is 6.48. The summed E-state index contributed by atoms with van der Waals surface area (Å²) in [7, 11) is 0. The number of carbonyl (C=O) groups is 2. The van der Waals surface area contributed by atoms with Crippen molar-refractivity contribution in [3.05, 3.63) is 34.1 Å². The Bertz CT molecular complexity index is 588. The summed E-state index contributed by atoms with van der Waals surface area (Å²) in [5.74, 6) is -1.67. The summed E-state index contributed by atoms with van der Waals surface area (Å²) < 4.78 is 13.5. The average Bonchev–Trinajstić information content (AvgIpc) is 2.38. The number of halogens is 2. The number of hydrogen-bond donors (Lipinski definition) is 2. The third kappa shape index (κ3) is 3.24. The van der Waals surface area contributed by atoms with E-state index in [4.69, 9.17) is 5.73 Å². The second-order valence-corrected chi connectivity index (χ2v) is 6.30. The largest absolute Gasteiger partial charge is 0.377 e. The lowest BCUT2D eigenvalue weighted by Crippen LogP contribution is -2.69. The maximum atomic E-state index is 13.2. The number of primary amides is 1. The maximum absolute atomic E-state index is 13.2. The molecule has 1 aromatic carbocycles. The Morgan fingerprint density at radius 2 is 2.14 bits per heavy atom. The molecular formula is C14H16BrFN2O3. The molecule has 1 atom stereocenters. The molecule has 0 spiro atoms. The summed E-state index contributed by atoms with van der Waals surface area (Å²) in [6.07, 6.45) is 0.448. The molecule has 1 aliphatic rings.